The van der Waals surface area contributed by atoms with Crippen LogP contribution in [0.2, 0.25) is 0 Å². The maximum absolute atomic E-state index is 11.9. The molecule has 0 unspecified atom stereocenters. The molecule has 0 saturated heterocycles. The smallest absolute Gasteiger partial charge is 0.305 e. The Morgan fingerprint density at radius 3 is 1.31 bits per heavy atom. The zero-order valence-corrected chi connectivity index (χ0v) is 28.4. The Balaban J connectivity index is 3.26. The molecule has 0 spiro atoms. The zero-order chi connectivity index (χ0) is 30.4. The van der Waals surface area contributed by atoms with Crippen molar-refractivity contribution in [2.75, 3.05) is 6.61 Å². The first kappa shape index (κ1) is 40.4. The Morgan fingerprint density at radius 1 is 0.429 bits per heavy atom. The second-order valence-corrected chi connectivity index (χ2v) is 12.2. The Hall–Kier alpha value is -1.57. The molecule has 0 saturated carbocycles. The van der Waals surface area contributed by atoms with Gasteiger partial charge in [0.25, 0.3) is 0 Å². The maximum atomic E-state index is 11.9. The Bertz CT molecular complexity index is 642. The summed E-state index contributed by atoms with van der Waals surface area (Å²) in [7, 11) is 0. The van der Waals surface area contributed by atoms with Crippen molar-refractivity contribution in [3.63, 3.8) is 0 Å². The summed E-state index contributed by atoms with van der Waals surface area (Å²) in [6.07, 6.45) is 53.2. The number of hydrogen-bond donors (Lipinski definition) is 0. The van der Waals surface area contributed by atoms with Gasteiger partial charge in [0.2, 0.25) is 0 Å². The van der Waals surface area contributed by atoms with Crippen LogP contribution in [0.5, 0.6) is 0 Å². The summed E-state index contributed by atoms with van der Waals surface area (Å²) in [4.78, 5) is 11.9. The van der Waals surface area contributed by atoms with Crippen molar-refractivity contribution in [1.29, 1.82) is 0 Å². The van der Waals surface area contributed by atoms with Crippen molar-refractivity contribution in [1.82, 2.24) is 0 Å². The van der Waals surface area contributed by atoms with Crippen LogP contribution in [-0.4, -0.2) is 12.6 Å². The fourth-order valence-corrected chi connectivity index (χ4v) is 5.20. The molecule has 0 aromatic rings. The molecule has 0 amide bonds. The molecule has 0 aromatic heterocycles. The zero-order valence-electron chi connectivity index (χ0n) is 28.4. The van der Waals surface area contributed by atoms with E-state index in [2.05, 4.69) is 62.5 Å². The highest BCUT2D eigenvalue weighted by Crippen LogP contribution is 2.13. The van der Waals surface area contributed by atoms with Gasteiger partial charge in [-0.2, -0.15) is 0 Å². The van der Waals surface area contributed by atoms with Crippen LogP contribution >= 0.6 is 0 Å². The molecule has 2 nitrogen and oxygen atoms in total. The molecule has 0 aliphatic heterocycles. The average molecular weight is 585 g/mol. The lowest BCUT2D eigenvalue weighted by molar-refractivity contribution is -0.143. The Labute approximate surface area is 263 Å². The number of unbranched alkanes of at least 4 members (excludes halogenated alkanes) is 21. The normalized spacial score (nSPS) is 12.1. The first-order valence-corrected chi connectivity index (χ1v) is 18.6. The van der Waals surface area contributed by atoms with Crippen molar-refractivity contribution < 1.29 is 9.53 Å². The Kier molecular flexibility index (Phi) is 36.1. The fourth-order valence-electron chi connectivity index (χ4n) is 5.20. The summed E-state index contributed by atoms with van der Waals surface area (Å²) < 4.78 is 5.43. The first-order chi connectivity index (χ1) is 20.8. The van der Waals surface area contributed by atoms with Gasteiger partial charge in [0.15, 0.2) is 0 Å². The van der Waals surface area contributed by atoms with E-state index in [9.17, 15) is 4.79 Å². The van der Waals surface area contributed by atoms with Crippen LogP contribution in [0.15, 0.2) is 48.6 Å². The van der Waals surface area contributed by atoms with Crippen molar-refractivity contribution in [3.05, 3.63) is 48.6 Å². The molecule has 0 aliphatic rings. The largest absolute Gasteiger partial charge is 0.466 e. The number of rotatable bonds is 33. The van der Waals surface area contributed by atoms with Gasteiger partial charge in [-0.05, 0) is 70.6 Å². The number of hydrogen-bond acceptors (Lipinski definition) is 2. The lowest BCUT2D eigenvalue weighted by Gasteiger charge is -2.05. The van der Waals surface area contributed by atoms with Crippen LogP contribution in [0.1, 0.15) is 194 Å². The van der Waals surface area contributed by atoms with Crippen LogP contribution in [0.3, 0.4) is 0 Å². The predicted octanol–water partition coefficient (Wildman–Crippen LogP) is 13.7. The molecule has 0 bridgehead atoms. The van der Waals surface area contributed by atoms with Gasteiger partial charge in [0.1, 0.15) is 0 Å². The molecule has 0 aliphatic carbocycles. The van der Waals surface area contributed by atoms with Gasteiger partial charge in [0.05, 0.1) is 6.61 Å². The third-order valence-electron chi connectivity index (χ3n) is 7.95. The SMILES string of the molecule is CC/C=C\C/C=C\C/C=C\CCCCCCCC(=O)OCCCCCCCCCC/C=C\CCCCCCCCCC. The van der Waals surface area contributed by atoms with E-state index in [0.717, 1.165) is 38.5 Å². The van der Waals surface area contributed by atoms with Gasteiger partial charge in [-0.25, -0.2) is 0 Å². The van der Waals surface area contributed by atoms with Gasteiger partial charge >= 0.3 is 5.97 Å². The minimum Gasteiger partial charge on any atom is -0.466 e. The predicted molar refractivity (Wildman–Crippen MR) is 188 cm³/mol. The number of allylic oxidation sites excluding steroid dienone is 8. The van der Waals surface area contributed by atoms with Gasteiger partial charge in [-0.15, -0.1) is 0 Å². The molecule has 0 aromatic carbocycles. The second-order valence-electron chi connectivity index (χ2n) is 12.2. The van der Waals surface area contributed by atoms with Crippen molar-refractivity contribution in [2.45, 2.75) is 194 Å². The maximum Gasteiger partial charge on any atom is 0.305 e. The summed E-state index contributed by atoms with van der Waals surface area (Å²) in [5, 5.41) is 0. The molecule has 0 heterocycles. The van der Waals surface area contributed by atoms with E-state index in [-0.39, 0.29) is 5.97 Å². The van der Waals surface area contributed by atoms with Crippen LogP contribution in [0.4, 0.5) is 0 Å². The summed E-state index contributed by atoms with van der Waals surface area (Å²) in [6, 6.07) is 0. The number of carbonyl (C=O) groups excluding carboxylic acids is 1. The summed E-state index contributed by atoms with van der Waals surface area (Å²) in [5.41, 5.74) is 0. The van der Waals surface area contributed by atoms with Crippen molar-refractivity contribution in [2.24, 2.45) is 0 Å². The molecule has 0 fully saturated rings. The highest BCUT2D eigenvalue weighted by atomic mass is 16.5. The monoisotopic (exact) mass is 585 g/mol. The Morgan fingerprint density at radius 2 is 0.810 bits per heavy atom. The average Bonchev–Trinajstić information content (AvgIpc) is 3.00. The van der Waals surface area contributed by atoms with Gasteiger partial charge in [-0.1, -0.05) is 165 Å². The van der Waals surface area contributed by atoms with E-state index in [1.54, 1.807) is 0 Å². The van der Waals surface area contributed by atoms with E-state index in [1.807, 2.05) is 0 Å². The van der Waals surface area contributed by atoms with E-state index < -0.39 is 0 Å². The van der Waals surface area contributed by atoms with E-state index in [0.29, 0.717) is 13.0 Å². The van der Waals surface area contributed by atoms with Crippen LogP contribution < -0.4 is 0 Å². The standard InChI is InChI=1S/C40H72O2/c1-3-5-7-9-11-13-15-17-19-20-21-22-23-25-27-29-31-33-35-37-39-42-40(41)38-36-34-32-30-28-26-24-18-16-14-12-10-8-6-4-2/h6,8,12,14,18,20-21,24H,3-5,7,9-11,13,15-17,19,22-23,25-39H2,1-2H3/b8-6-,14-12-,21-20-,24-18-. The number of carbonyl (C=O) groups is 1. The highest BCUT2D eigenvalue weighted by Gasteiger charge is 2.02. The molecule has 0 N–H and O–H groups in total. The summed E-state index contributed by atoms with van der Waals surface area (Å²) in [5.74, 6) is 0.00280. The molecule has 0 rings (SSSR count). The molecule has 2 heteroatoms. The molecule has 0 radical (unpaired) electrons. The minimum atomic E-state index is 0.00280. The van der Waals surface area contributed by atoms with E-state index in [1.165, 1.54) is 135 Å². The molecule has 0 atom stereocenters. The highest BCUT2D eigenvalue weighted by molar-refractivity contribution is 5.69. The van der Waals surface area contributed by atoms with Gasteiger partial charge in [-0.3, -0.25) is 4.79 Å². The van der Waals surface area contributed by atoms with Crippen molar-refractivity contribution >= 4 is 5.97 Å². The second kappa shape index (κ2) is 37.5. The van der Waals surface area contributed by atoms with Crippen LogP contribution in [0, 0.1) is 0 Å². The quantitative estimate of drug-likeness (QED) is 0.0435. The summed E-state index contributed by atoms with van der Waals surface area (Å²) in [6.45, 7) is 5.07. The molecular weight excluding hydrogens is 512 g/mol. The molecular formula is C40H72O2. The van der Waals surface area contributed by atoms with E-state index in [4.69, 9.17) is 4.74 Å². The fraction of sp³-hybridized carbons (Fsp3) is 0.775. The third-order valence-corrected chi connectivity index (χ3v) is 7.95. The molecule has 244 valence electrons. The third kappa shape index (κ3) is 36.5. The van der Waals surface area contributed by atoms with Gasteiger partial charge < -0.3 is 4.74 Å². The first-order valence-electron chi connectivity index (χ1n) is 18.6. The topological polar surface area (TPSA) is 26.3 Å². The van der Waals surface area contributed by atoms with Crippen molar-refractivity contribution in [3.8, 4) is 0 Å². The lowest BCUT2D eigenvalue weighted by atomic mass is 10.1. The minimum absolute atomic E-state index is 0.00280. The van der Waals surface area contributed by atoms with Crippen LogP contribution in [0.25, 0.3) is 0 Å². The lowest BCUT2D eigenvalue weighted by Crippen LogP contribution is -2.05. The number of esters is 1. The van der Waals surface area contributed by atoms with Crippen LogP contribution in [-0.2, 0) is 9.53 Å². The number of ether oxygens (including phenoxy) is 1. The van der Waals surface area contributed by atoms with E-state index >= 15 is 0 Å². The van der Waals surface area contributed by atoms with Gasteiger partial charge in [0, 0.05) is 6.42 Å². The molecule has 42 heavy (non-hydrogen) atoms. The summed E-state index contributed by atoms with van der Waals surface area (Å²) >= 11 is 0.